The molecular formula is C28H32FN7O. The van der Waals surface area contributed by atoms with Crippen molar-refractivity contribution in [3.05, 3.63) is 64.4 Å². The van der Waals surface area contributed by atoms with E-state index in [1.807, 2.05) is 29.3 Å². The van der Waals surface area contributed by atoms with E-state index in [2.05, 4.69) is 28.9 Å². The first-order valence-electron chi connectivity index (χ1n) is 12.9. The Morgan fingerprint density at radius 3 is 2.51 bits per heavy atom. The van der Waals surface area contributed by atoms with E-state index in [1.165, 1.54) is 12.1 Å². The zero-order valence-electron chi connectivity index (χ0n) is 21.8. The van der Waals surface area contributed by atoms with E-state index in [0.29, 0.717) is 24.9 Å². The van der Waals surface area contributed by atoms with Gasteiger partial charge in [-0.25, -0.2) is 9.37 Å². The molecule has 37 heavy (non-hydrogen) atoms. The minimum Gasteiger partial charge on any atom is -0.356 e. The van der Waals surface area contributed by atoms with Crippen LogP contribution in [0.25, 0.3) is 16.9 Å². The van der Waals surface area contributed by atoms with Gasteiger partial charge in [-0.05, 0) is 56.4 Å². The fraction of sp³-hybridized carbons (Fsp3) is 0.429. The predicted molar refractivity (Wildman–Crippen MR) is 140 cm³/mol. The lowest BCUT2D eigenvalue weighted by molar-refractivity contribution is -0.131. The van der Waals surface area contributed by atoms with Crippen LogP contribution in [0.5, 0.6) is 0 Å². The fourth-order valence-electron chi connectivity index (χ4n) is 5.47. The number of anilines is 1. The molecule has 0 saturated carbocycles. The average molecular weight is 502 g/mol. The van der Waals surface area contributed by atoms with Crippen molar-refractivity contribution in [3.63, 3.8) is 0 Å². The molecular weight excluding hydrogens is 469 g/mol. The molecule has 1 N–H and O–H groups in total. The number of nitrogens with one attached hydrogen (secondary N) is 1. The van der Waals surface area contributed by atoms with Gasteiger partial charge in [0.2, 0.25) is 5.91 Å². The summed E-state index contributed by atoms with van der Waals surface area (Å²) in [6, 6.07) is 8.34. The molecule has 2 aliphatic rings. The molecule has 192 valence electrons. The summed E-state index contributed by atoms with van der Waals surface area (Å²) in [5.41, 5.74) is 7.40. The summed E-state index contributed by atoms with van der Waals surface area (Å²) in [5, 5.41) is 12.1. The number of nitrogens with zero attached hydrogens (tertiary/aromatic N) is 6. The number of piperidine rings is 1. The number of halogens is 1. The Morgan fingerprint density at radius 2 is 1.84 bits per heavy atom. The summed E-state index contributed by atoms with van der Waals surface area (Å²) in [6.45, 7) is 11.3. The lowest BCUT2D eigenvalue weighted by Gasteiger charge is -2.38. The third-order valence-electron chi connectivity index (χ3n) is 7.97. The zero-order valence-corrected chi connectivity index (χ0v) is 21.8. The summed E-state index contributed by atoms with van der Waals surface area (Å²) < 4.78 is 15.4. The Morgan fingerprint density at radius 1 is 1.11 bits per heavy atom. The van der Waals surface area contributed by atoms with Gasteiger partial charge in [-0.3, -0.25) is 9.89 Å². The van der Waals surface area contributed by atoms with Crippen molar-refractivity contribution in [1.29, 1.82) is 0 Å². The number of aromatic nitrogens is 5. The fourth-order valence-corrected chi connectivity index (χ4v) is 5.47. The molecule has 9 heteroatoms. The van der Waals surface area contributed by atoms with Crippen LogP contribution in [0.4, 0.5) is 10.2 Å². The van der Waals surface area contributed by atoms with Gasteiger partial charge in [-0.15, -0.1) is 0 Å². The number of carbonyl (C=O) groups is 1. The minimum absolute atomic E-state index is 0.0703. The van der Waals surface area contributed by atoms with E-state index < -0.39 is 0 Å². The van der Waals surface area contributed by atoms with Crippen LogP contribution in [0.1, 0.15) is 54.9 Å². The maximum atomic E-state index is 13.5. The third kappa shape index (κ3) is 4.26. The largest absolute Gasteiger partial charge is 0.356 e. The van der Waals surface area contributed by atoms with Gasteiger partial charge in [0.1, 0.15) is 11.6 Å². The molecule has 0 radical (unpaired) electrons. The maximum absolute atomic E-state index is 13.5. The molecule has 6 rings (SSSR count). The van der Waals surface area contributed by atoms with Crippen LogP contribution < -0.4 is 4.90 Å². The monoisotopic (exact) mass is 501 g/mol. The van der Waals surface area contributed by atoms with Crippen molar-refractivity contribution in [2.45, 2.75) is 60.0 Å². The highest BCUT2D eigenvalue weighted by Crippen LogP contribution is 2.37. The molecule has 0 aliphatic carbocycles. The van der Waals surface area contributed by atoms with Crippen LogP contribution >= 0.6 is 0 Å². The van der Waals surface area contributed by atoms with E-state index in [-0.39, 0.29) is 11.7 Å². The number of hydrogen-bond donors (Lipinski definition) is 1. The molecule has 0 atom stereocenters. The topological polar surface area (TPSA) is 82.4 Å². The number of carbonyl (C=O) groups excluding carboxylic acids is 1. The standard InChI is InChI=1S/C28H32FN7O/c1-17-21(18(2)32-31-17)13-26(37)35-15-22-24(16-35)30-25-14-23(19-5-7-20(29)8-6-19)33-36(25)27(22)34-11-9-28(3,4)10-12-34/h5-8,14H,9-13,15-16H2,1-4H3,(H,31,32). The number of amides is 1. The van der Waals surface area contributed by atoms with Gasteiger partial charge in [0.05, 0.1) is 36.6 Å². The Hall–Kier alpha value is -3.75. The number of hydrogen-bond acceptors (Lipinski definition) is 5. The minimum atomic E-state index is -0.271. The predicted octanol–water partition coefficient (Wildman–Crippen LogP) is 4.59. The van der Waals surface area contributed by atoms with Crippen molar-refractivity contribution in [2.24, 2.45) is 5.41 Å². The van der Waals surface area contributed by atoms with Crippen molar-refractivity contribution >= 4 is 17.4 Å². The van der Waals surface area contributed by atoms with Gasteiger partial charge in [-0.1, -0.05) is 13.8 Å². The lowest BCUT2D eigenvalue weighted by Crippen LogP contribution is -2.39. The molecule has 4 aromatic rings. The third-order valence-corrected chi connectivity index (χ3v) is 7.97. The maximum Gasteiger partial charge on any atom is 0.227 e. The van der Waals surface area contributed by atoms with Crippen LogP contribution in [0.15, 0.2) is 30.3 Å². The first-order valence-corrected chi connectivity index (χ1v) is 12.9. The molecule has 1 saturated heterocycles. The summed E-state index contributed by atoms with van der Waals surface area (Å²) in [6.07, 6.45) is 2.49. The van der Waals surface area contributed by atoms with Gasteiger partial charge >= 0.3 is 0 Å². The highest BCUT2D eigenvalue weighted by Gasteiger charge is 2.34. The van der Waals surface area contributed by atoms with Gasteiger partial charge in [0, 0.05) is 41.5 Å². The van der Waals surface area contributed by atoms with E-state index in [0.717, 1.165) is 76.9 Å². The number of rotatable bonds is 4. The normalized spacial score (nSPS) is 17.0. The number of H-pyrrole nitrogens is 1. The number of aryl methyl sites for hydroxylation is 2. The molecule has 3 aromatic heterocycles. The second-order valence-electron chi connectivity index (χ2n) is 11.2. The van der Waals surface area contributed by atoms with Crippen molar-refractivity contribution in [1.82, 2.24) is 29.7 Å². The second kappa shape index (κ2) is 8.68. The summed E-state index contributed by atoms with van der Waals surface area (Å²) in [4.78, 5) is 22.6. The first kappa shape index (κ1) is 23.6. The summed E-state index contributed by atoms with van der Waals surface area (Å²) in [5.74, 6) is 0.822. The van der Waals surface area contributed by atoms with E-state index >= 15 is 0 Å². The highest BCUT2D eigenvalue weighted by molar-refractivity contribution is 5.80. The molecule has 1 fully saturated rings. The first-order chi connectivity index (χ1) is 17.7. The lowest BCUT2D eigenvalue weighted by atomic mass is 9.82. The number of fused-ring (bicyclic) bond motifs is 2. The summed E-state index contributed by atoms with van der Waals surface area (Å²) in [7, 11) is 0. The van der Waals surface area contributed by atoms with Crippen LogP contribution in [-0.4, -0.2) is 48.7 Å². The van der Waals surface area contributed by atoms with Crippen LogP contribution in [0.2, 0.25) is 0 Å². The van der Waals surface area contributed by atoms with Gasteiger partial charge in [-0.2, -0.15) is 14.7 Å². The van der Waals surface area contributed by atoms with Gasteiger partial charge < -0.3 is 9.80 Å². The highest BCUT2D eigenvalue weighted by atomic mass is 19.1. The summed E-state index contributed by atoms with van der Waals surface area (Å²) >= 11 is 0. The Balaban J connectivity index is 1.38. The molecule has 0 unspecified atom stereocenters. The van der Waals surface area contributed by atoms with Gasteiger partial charge in [0.15, 0.2) is 5.65 Å². The van der Waals surface area contributed by atoms with E-state index in [1.54, 1.807) is 12.1 Å². The van der Waals surface area contributed by atoms with Crippen LogP contribution in [0.3, 0.4) is 0 Å². The Labute approximate surface area is 215 Å². The zero-order chi connectivity index (χ0) is 25.9. The molecule has 0 bridgehead atoms. The molecule has 5 heterocycles. The molecule has 8 nitrogen and oxygen atoms in total. The second-order valence-corrected chi connectivity index (χ2v) is 11.2. The Bertz CT molecular complexity index is 1470. The molecule has 1 aromatic carbocycles. The van der Waals surface area contributed by atoms with Gasteiger partial charge in [0.25, 0.3) is 0 Å². The number of aromatic amines is 1. The average Bonchev–Trinajstić information content (AvgIpc) is 3.56. The number of benzene rings is 1. The molecule has 2 aliphatic heterocycles. The van der Waals surface area contributed by atoms with Crippen molar-refractivity contribution < 1.29 is 9.18 Å². The quantitative estimate of drug-likeness (QED) is 0.442. The van der Waals surface area contributed by atoms with E-state index in [9.17, 15) is 9.18 Å². The van der Waals surface area contributed by atoms with Crippen LogP contribution in [0, 0.1) is 25.1 Å². The molecule has 1 amide bonds. The van der Waals surface area contributed by atoms with Crippen LogP contribution in [-0.2, 0) is 24.3 Å². The molecule has 0 spiro atoms. The van der Waals surface area contributed by atoms with Crippen molar-refractivity contribution in [2.75, 3.05) is 18.0 Å². The SMILES string of the molecule is Cc1n[nH]c(C)c1CC(=O)N1Cc2nc3cc(-c4ccc(F)cc4)nn3c(N3CCC(C)(C)CC3)c2C1. The Kier molecular flexibility index (Phi) is 5.54. The smallest absolute Gasteiger partial charge is 0.227 e. The van der Waals surface area contributed by atoms with Crippen molar-refractivity contribution in [3.8, 4) is 11.3 Å². The van der Waals surface area contributed by atoms with E-state index in [4.69, 9.17) is 10.1 Å².